The molecule has 1 aromatic heterocycles. The van der Waals surface area contributed by atoms with E-state index in [2.05, 4.69) is 31.2 Å². The third-order valence-corrected chi connectivity index (χ3v) is 5.31. The highest BCUT2D eigenvalue weighted by Crippen LogP contribution is 2.35. The van der Waals surface area contributed by atoms with E-state index in [1.165, 1.54) is 6.07 Å². The normalized spacial score (nSPS) is 13.5. The van der Waals surface area contributed by atoms with E-state index in [1.54, 1.807) is 18.2 Å². The number of nitrogens with one attached hydrogen (secondary N) is 2. The maximum atomic E-state index is 15.3. The summed E-state index contributed by atoms with van der Waals surface area (Å²) in [6.07, 6.45) is 2.01. The van der Waals surface area contributed by atoms with Crippen LogP contribution in [0.25, 0.3) is 11.0 Å². The lowest BCUT2D eigenvalue weighted by molar-refractivity contribution is 0.0487. The van der Waals surface area contributed by atoms with Gasteiger partial charge in [0.05, 0.1) is 34.1 Å². The maximum absolute atomic E-state index is 15.3. The number of halogens is 3. The summed E-state index contributed by atoms with van der Waals surface area (Å²) < 4.78 is 21.4. The first kappa shape index (κ1) is 19.7. The highest BCUT2D eigenvalue weighted by Gasteiger charge is 2.27. The second-order valence-corrected chi connectivity index (χ2v) is 8.07. The predicted molar refractivity (Wildman–Crippen MR) is 110 cm³/mol. The van der Waals surface area contributed by atoms with Gasteiger partial charge in [-0.3, -0.25) is 4.79 Å². The van der Waals surface area contributed by atoms with Gasteiger partial charge in [0.1, 0.15) is 5.52 Å². The summed E-state index contributed by atoms with van der Waals surface area (Å²) >= 11 is 9.53. The first-order valence-electron chi connectivity index (χ1n) is 8.74. The molecule has 0 unspecified atom stereocenters. The number of H-pyrrole nitrogens is 1. The van der Waals surface area contributed by atoms with Crippen LogP contribution in [0.1, 0.15) is 33.8 Å². The van der Waals surface area contributed by atoms with Crippen LogP contribution in [0.2, 0.25) is 5.02 Å². The van der Waals surface area contributed by atoms with Crippen LogP contribution in [0.15, 0.2) is 28.7 Å². The minimum atomic E-state index is -0.844. The van der Waals surface area contributed by atoms with Crippen molar-refractivity contribution in [3.63, 3.8) is 0 Å². The van der Waals surface area contributed by atoms with E-state index in [4.69, 9.17) is 22.1 Å². The molecule has 1 fully saturated rings. The van der Waals surface area contributed by atoms with Gasteiger partial charge in [-0.05, 0) is 43.0 Å². The standard InChI is InChI=1S/C19H15BrClFN4O3/c20-9-3-4-12(11(21)5-9)24-15-10(19(28)29-7-8-1-2-8)6-13-16(14(15)22)26-18(25-13)17(23)27/h3-6,8,24H,1-2,7H2,(H2,23,27)(H,25,26). The van der Waals surface area contributed by atoms with E-state index in [9.17, 15) is 9.59 Å². The fourth-order valence-corrected chi connectivity index (χ4v) is 3.51. The number of nitrogens with two attached hydrogens (primary N) is 1. The van der Waals surface area contributed by atoms with Crippen molar-refractivity contribution in [2.24, 2.45) is 11.7 Å². The molecule has 7 nitrogen and oxygen atoms in total. The van der Waals surface area contributed by atoms with Crippen LogP contribution in [0, 0.1) is 11.7 Å². The molecular formula is C19H15BrClFN4O3. The Morgan fingerprint density at radius 1 is 1.38 bits per heavy atom. The molecule has 1 heterocycles. The van der Waals surface area contributed by atoms with E-state index < -0.39 is 17.7 Å². The number of anilines is 2. The van der Waals surface area contributed by atoms with E-state index in [-0.39, 0.29) is 34.7 Å². The number of nitrogens with zero attached hydrogens (tertiary/aromatic N) is 1. The number of benzene rings is 2. The lowest BCUT2D eigenvalue weighted by Gasteiger charge is -2.14. The van der Waals surface area contributed by atoms with Gasteiger partial charge in [-0.25, -0.2) is 14.2 Å². The number of fused-ring (bicyclic) bond motifs is 1. The molecule has 29 heavy (non-hydrogen) atoms. The Kier molecular flexibility index (Phi) is 5.18. The van der Waals surface area contributed by atoms with Gasteiger partial charge in [-0.15, -0.1) is 0 Å². The number of aromatic amines is 1. The van der Waals surface area contributed by atoms with Gasteiger partial charge in [0, 0.05) is 4.47 Å². The van der Waals surface area contributed by atoms with Gasteiger partial charge < -0.3 is 20.8 Å². The number of imidazole rings is 1. The van der Waals surface area contributed by atoms with Crippen molar-refractivity contribution in [2.75, 3.05) is 11.9 Å². The number of carbonyl (C=O) groups excluding carboxylic acids is 2. The minimum Gasteiger partial charge on any atom is -0.462 e. The van der Waals surface area contributed by atoms with Crippen molar-refractivity contribution in [2.45, 2.75) is 12.8 Å². The molecule has 1 aliphatic carbocycles. The maximum Gasteiger partial charge on any atom is 0.340 e. The van der Waals surface area contributed by atoms with Gasteiger partial charge in [0.2, 0.25) is 0 Å². The highest BCUT2D eigenvalue weighted by atomic mass is 79.9. The average molecular weight is 482 g/mol. The molecule has 0 atom stereocenters. The van der Waals surface area contributed by atoms with Crippen LogP contribution in [-0.4, -0.2) is 28.5 Å². The quantitative estimate of drug-likeness (QED) is 0.448. The Morgan fingerprint density at radius 2 is 2.14 bits per heavy atom. The number of carbonyl (C=O) groups is 2. The smallest absolute Gasteiger partial charge is 0.340 e. The molecule has 1 amide bonds. The summed E-state index contributed by atoms with van der Waals surface area (Å²) in [5.41, 5.74) is 5.44. The van der Waals surface area contributed by atoms with Crippen LogP contribution in [0.4, 0.5) is 15.8 Å². The second-order valence-electron chi connectivity index (χ2n) is 6.75. The van der Waals surface area contributed by atoms with E-state index in [0.717, 1.165) is 17.3 Å². The monoisotopic (exact) mass is 480 g/mol. The van der Waals surface area contributed by atoms with Gasteiger partial charge in [-0.1, -0.05) is 27.5 Å². The van der Waals surface area contributed by atoms with Gasteiger partial charge in [0.25, 0.3) is 5.91 Å². The Morgan fingerprint density at radius 3 is 2.79 bits per heavy atom. The molecule has 2 aromatic carbocycles. The van der Waals surface area contributed by atoms with Crippen LogP contribution in [0.5, 0.6) is 0 Å². The molecule has 4 N–H and O–H groups in total. The summed E-state index contributed by atoms with van der Waals surface area (Å²) in [6, 6.07) is 6.36. The molecule has 1 aliphatic rings. The minimum absolute atomic E-state index is 0.0469. The number of hydrogen-bond donors (Lipinski definition) is 3. The lowest BCUT2D eigenvalue weighted by Crippen LogP contribution is -2.12. The van der Waals surface area contributed by atoms with Crippen molar-refractivity contribution in [1.29, 1.82) is 0 Å². The molecule has 0 radical (unpaired) electrons. The average Bonchev–Trinajstić information content (AvgIpc) is 3.40. The molecule has 4 rings (SSSR count). The highest BCUT2D eigenvalue weighted by molar-refractivity contribution is 9.10. The Bertz CT molecular complexity index is 1150. The van der Waals surface area contributed by atoms with Crippen molar-refractivity contribution in [1.82, 2.24) is 9.97 Å². The molecule has 3 aromatic rings. The van der Waals surface area contributed by atoms with Gasteiger partial charge >= 0.3 is 5.97 Å². The molecular weight excluding hydrogens is 467 g/mol. The fourth-order valence-electron chi connectivity index (χ4n) is 2.79. The number of rotatable bonds is 6. The summed E-state index contributed by atoms with van der Waals surface area (Å²) in [6.45, 7) is 0.270. The third-order valence-electron chi connectivity index (χ3n) is 4.51. The van der Waals surface area contributed by atoms with Crippen LogP contribution in [-0.2, 0) is 4.74 Å². The van der Waals surface area contributed by atoms with Crippen molar-refractivity contribution in [3.8, 4) is 0 Å². The molecule has 10 heteroatoms. The first-order valence-corrected chi connectivity index (χ1v) is 9.91. The number of hydrogen-bond acceptors (Lipinski definition) is 5. The zero-order valence-electron chi connectivity index (χ0n) is 14.9. The lowest BCUT2D eigenvalue weighted by atomic mass is 10.1. The largest absolute Gasteiger partial charge is 0.462 e. The molecule has 150 valence electrons. The van der Waals surface area contributed by atoms with E-state index >= 15 is 4.39 Å². The zero-order valence-corrected chi connectivity index (χ0v) is 17.2. The summed E-state index contributed by atoms with van der Waals surface area (Å²) in [5.74, 6) is -2.23. The van der Waals surface area contributed by atoms with E-state index in [0.29, 0.717) is 16.6 Å². The number of ether oxygens (including phenoxy) is 1. The second kappa shape index (κ2) is 7.64. The van der Waals surface area contributed by atoms with Crippen LogP contribution < -0.4 is 11.1 Å². The van der Waals surface area contributed by atoms with Crippen molar-refractivity contribution in [3.05, 3.63) is 51.0 Å². The predicted octanol–water partition coefficient (Wildman–Crippen LogP) is 4.53. The summed E-state index contributed by atoms with van der Waals surface area (Å²) in [7, 11) is 0. The van der Waals surface area contributed by atoms with Gasteiger partial charge in [-0.2, -0.15) is 0 Å². The number of primary amides is 1. The zero-order chi connectivity index (χ0) is 20.7. The van der Waals surface area contributed by atoms with Gasteiger partial charge in [0.15, 0.2) is 11.6 Å². The molecule has 0 bridgehead atoms. The SMILES string of the molecule is NC(=O)c1nc2c(F)c(Nc3ccc(Br)cc3Cl)c(C(=O)OCC3CC3)cc2[nH]1. The summed E-state index contributed by atoms with van der Waals surface area (Å²) in [4.78, 5) is 30.6. The third kappa shape index (κ3) is 4.06. The fraction of sp³-hybridized carbons (Fsp3) is 0.211. The molecule has 0 aliphatic heterocycles. The Balaban J connectivity index is 1.81. The Labute approximate surface area is 177 Å². The molecule has 0 spiro atoms. The van der Waals surface area contributed by atoms with E-state index in [1.807, 2.05) is 0 Å². The number of aromatic nitrogens is 2. The summed E-state index contributed by atoms with van der Waals surface area (Å²) in [5, 5.41) is 3.17. The topological polar surface area (TPSA) is 110 Å². The van der Waals surface area contributed by atoms with Crippen LogP contribution >= 0.6 is 27.5 Å². The Hall–Kier alpha value is -2.65. The van der Waals surface area contributed by atoms with Crippen molar-refractivity contribution >= 4 is 61.8 Å². The molecule has 0 saturated heterocycles. The number of amides is 1. The first-order chi connectivity index (χ1) is 13.8. The number of esters is 1. The van der Waals surface area contributed by atoms with Crippen LogP contribution in [0.3, 0.4) is 0 Å². The molecule has 1 saturated carbocycles. The van der Waals surface area contributed by atoms with Crippen molar-refractivity contribution < 1.29 is 18.7 Å².